The summed E-state index contributed by atoms with van der Waals surface area (Å²) in [6.07, 6.45) is 3.57. The summed E-state index contributed by atoms with van der Waals surface area (Å²) in [6.45, 7) is 2.95. The van der Waals surface area contributed by atoms with Gasteiger partial charge in [-0.05, 0) is 43.5 Å². The lowest BCUT2D eigenvalue weighted by Gasteiger charge is -2.25. The van der Waals surface area contributed by atoms with E-state index in [0.717, 1.165) is 35.4 Å². The lowest BCUT2D eigenvalue weighted by atomic mass is 10.1. The highest BCUT2D eigenvalue weighted by Crippen LogP contribution is 2.36. The van der Waals surface area contributed by atoms with Gasteiger partial charge in [-0.25, -0.2) is 9.97 Å². The Morgan fingerprint density at radius 2 is 2.09 bits per heavy atom. The Balaban J connectivity index is 1.47. The number of methoxy groups -OCH3 is 1. The Bertz CT molecular complexity index is 1240. The molecule has 5 rings (SSSR count). The van der Waals surface area contributed by atoms with Crippen LogP contribution in [0.1, 0.15) is 52.0 Å². The van der Waals surface area contributed by atoms with Crippen molar-refractivity contribution in [3.8, 4) is 5.75 Å². The summed E-state index contributed by atoms with van der Waals surface area (Å²) in [5.41, 5.74) is 3.14. The highest BCUT2D eigenvalue weighted by molar-refractivity contribution is 6.00. The van der Waals surface area contributed by atoms with Crippen LogP contribution in [0.25, 0.3) is 0 Å². The average Bonchev–Trinajstić information content (AvgIpc) is 3.54. The maximum absolute atomic E-state index is 13.2. The van der Waals surface area contributed by atoms with Crippen molar-refractivity contribution in [3.63, 3.8) is 0 Å². The first-order chi connectivity index (χ1) is 16.0. The van der Waals surface area contributed by atoms with E-state index in [2.05, 4.69) is 5.10 Å². The van der Waals surface area contributed by atoms with Crippen molar-refractivity contribution >= 4 is 17.6 Å². The summed E-state index contributed by atoms with van der Waals surface area (Å²) in [6, 6.07) is 9.17. The number of anilines is 1. The quantitative estimate of drug-likeness (QED) is 0.598. The summed E-state index contributed by atoms with van der Waals surface area (Å²) in [5.74, 6) is 1.89. The molecular weight excluding hydrogens is 420 g/mol. The maximum atomic E-state index is 13.2. The van der Waals surface area contributed by atoms with Gasteiger partial charge in [0.1, 0.15) is 17.3 Å². The van der Waals surface area contributed by atoms with E-state index < -0.39 is 0 Å². The molecule has 0 radical (unpaired) electrons. The average molecular weight is 447 g/mol. The lowest BCUT2D eigenvalue weighted by Crippen LogP contribution is -2.33. The Kier molecular flexibility index (Phi) is 5.32. The number of carbonyl (C=O) groups is 2. The molecule has 33 heavy (non-hydrogen) atoms. The van der Waals surface area contributed by atoms with Gasteiger partial charge in [0.25, 0.3) is 5.91 Å². The minimum Gasteiger partial charge on any atom is -0.497 e. The highest BCUT2D eigenvalue weighted by atomic mass is 16.5. The van der Waals surface area contributed by atoms with Gasteiger partial charge in [0, 0.05) is 31.0 Å². The molecule has 1 fully saturated rings. The van der Waals surface area contributed by atoms with Gasteiger partial charge < -0.3 is 9.64 Å². The number of likely N-dealkylation sites (tertiary alicyclic amines) is 1. The summed E-state index contributed by atoms with van der Waals surface area (Å²) in [4.78, 5) is 39.2. The number of hydrogen-bond donors (Lipinski definition) is 0. The second kappa shape index (κ2) is 8.31. The summed E-state index contributed by atoms with van der Waals surface area (Å²) in [7, 11) is 3.38. The first-order valence-electron chi connectivity index (χ1n) is 11.1. The predicted molar refractivity (Wildman–Crippen MR) is 121 cm³/mol. The molecule has 0 aliphatic carbocycles. The zero-order valence-electron chi connectivity index (χ0n) is 19.0. The van der Waals surface area contributed by atoms with Crippen molar-refractivity contribution in [1.82, 2.24) is 24.6 Å². The molecule has 1 saturated heterocycles. The molecule has 3 aromatic rings. The first-order valence-corrected chi connectivity index (χ1v) is 11.1. The Labute approximate surface area is 192 Å². The van der Waals surface area contributed by atoms with Crippen molar-refractivity contribution in [3.05, 3.63) is 64.9 Å². The Morgan fingerprint density at radius 1 is 1.24 bits per heavy atom. The van der Waals surface area contributed by atoms with Crippen LogP contribution in [0.15, 0.2) is 36.5 Å². The van der Waals surface area contributed by atoms with E-state index in [-0.39, 0.29) is 24.3 Å². The molecule has 2 amide bonds. The van der Waals surface area contributed by atoms with Gasteiger partial charge in [0.15, 0.2) is 5.82 Å². The van der Waals surface area contributed by atoms with Crippen LogP contribution in [-0.4, -0.2) is 50.1 Å². The molecule has 0 N–H and O–H groups in total. The third-order valence-corrected chi connectivity index (χ3v) is 6.42. The number of aryl methyl sites for hydroxylation is 2. The van der Waals surface area contributed by atoms with E-state index >= 15 is 0 Å². The number of carbonyl (C=O) groups excluding carboxylic acids is 2. The second-order valence-electron chi connectivity index (χ2n) is 8.47. The van der Waals surface area contributed by atoms with E-state index in [9.17, 15) is 9.59 Å². The normalized spacial score (nSPS) is 17.5. The van der Waals surface area contributed by atoms with Gasteiger partial charge in [-0.2, -0.15) is 5.10 Å². The molecule has 9 nitrogen and oxygen atoms in total. The van der Waals surface area contributed by atoms with Crippen molar-refractivity contribution in [2.45, 2.75) is 38.8 Å². The van der Waals surface area contributed by atoms with Gasteiger partial charge >= 0.3 is 0 Å². The largest absolute Gasteiger partial charge is 0.497 e. The highest BCUT2D eigenvalue weighted by Gasteiger charge is 2.37. The SMILES string of the molecule is COc1cccc(CN2C(=O)Cc3c(C)nc([C@H]4CCCN4C(=O)c4ccnn4C)nc32)c1. The fourth-order valence-electron chi connectivity index (χ4n) is 4.67. The number of aromatic nitrogens is 4. The Hall–Kier alpha value is -3.75. The molecule has 2 aliphatic rings. The van der Waals surface area contributed by atoms with Gasteiger partial charge in [-0.3, -0.25) is 19.2 Å². The molecular formula is C24H26N6O3. The number of amides is 2. The molecule has 4 heterocycles. The standard InChI is InChI=1S/C24H26N6O3/c1-15-18-13-21(31)30(14-16-6-4-7-17(12-16)33-3)23(18)27-22(26-15)19-8-5-11-29(19)24(32)20-9-10-25-28(20)2/h4,6-7,9-10,12,19H,5,8,11,13-14H2,1-3H3/t19-/m1/s1. The van der Waals surface area contributed by atoms with Crippen LogP contribution in [0.2, 0.25) is 0 Å². The van der Waals surface area contributed by atoms with Crippen LogP contribution in [0.3, 0.4) is 0 Å². The number of rotatable bonds is 5. The van der Waals surface area contributed by atoms with Crippen molar-refractivity contribution in [2.75, 3.05) is 18.6 Å². The number of fused-ring (bicyclic) bond motifs is 1. The fraction of sp³-hybridized carbons (Fsp3) is 0.375. The van der Waals surface area contributed by atoms with Crippen LogP contribution in [-0.2, 0) is 24.8 Å². The van der Waals surface area contributed by atoms with Crippen LogP contribution >= 0.6 is 0 Å². The fourth-order valence-corrected chi connectivity index (χ4v) is 4.67. The van der Waals surface area contributed by atoms with Gasteiger partial charge in [-0.1, -0.05) is 12.1 Å². The Morgan fingerprint density at radius 3 is 2.85 bits per heavy atom. The van der Waals surface area contributed by atoms with Crippen LogP contribution < -0.4 is 9.64 Å². The lowest BCUT2D eigenvalue weighted by molar-refractivity contribution is -0.117. The molecule has 2 aromatic heterocycles. The third kappa shape index (κ3) is 3.73. The molecule has 9 heteroatoms. The van der Waals surface area contributed by atoms with E-state index in [0.29, 0.717) is 30.4 Å². The number of benzene rings is 1. The third-order valence-electron chi connectivity index (χ3n) is 6.42. The minimum absolute atomic E-state index is 0.00314. The number of hydrogen-bond acceptors (Lipinski definition) is 6. The summed E-state index contributed by atoms with van der Waals surface area (Å²) >= 11 is 0. The minimum atomic E-state index is -0.231. The zero-order chi connectivity index (χ0) is 23.1. The van der Waals surface area contributed by atoms with E-state index in [1.807, 2.05) is 36.1 Å². The van der Waals surface area contributed by atoms with E-state index in [4.69, 9.17) is 14.7 Å². The van der Waals surface area contributed by atoms with Crippen molar-refractivity contribution < 1.29 is 14.3 Å². The molecule has 1 aromatic carbocycles. The molecule has 0 saturated carbocycles. The zero-order valence-corrected chi connectivity index (χ0v) is 19.0. The monoisotopic (exact) mass is 446 g/mol. The number of nitrogens with zero attached hydrogens (tertiary/aromatic N) is 6. The van der Waals surface area contributed by atoms with E-state index in [1.54, 1.807) is 36.0 Å². The summed E-state index contributed by atoms with van der Waals surface area (Å²) < 4.78 is 6.91. The maximum Gasteiger partial charge on any atom is 0.272 e. The van der Waals surface area contributed by atoms with Gasteiger partial charge in [0.05, 0.1) is 26.1 Å². The molecule has 170 valence electrons. The van der Waals surface area contributed by atoms with Crippen LogP contribution in [0, 0.1) is 6.92 Å². The van der Waals surface area contributed by atoms with Crippen molar-refractivity contribution in [2.24, 2.45) is 7.05 Å². The van der Waals surface area contributed by atoms with Crippen LogP contribution in [0.5, 0.6) is 5.75 Å². The molecule has 0 bridgehead atoms. The molecule has 2 aliphatic heterocycles. The van der Waals surface area contributed by atoms with E-state index in [1.165, 1.54) is 0 Å². The first kappa shape index (κ1) is 21.1. The number of ether oxygens (including phenoxy) is 1. The molecule has 0 unspecified atom stereocenters. The predicted octanol–water partition coefficient (Wildman–Crippen LogP) is 2.59. The van der Waals surface area contributed by atoms with Gasteiger partial charge in [0.2, 0.25) is 5.91 Å². The topological polar surface area (TPSA) is 93.5 Å². The summed E-state index contributed by atoms with van der Waals surface area (Å²) in [5, 5.41) is 4.12. The second-order valence-corrected chi connectivity index (χ2v) is 8.47. The van der Waals surface area contributed by atoms with Crippen molar-refractivity contribution in [1.29, 1.82) is 0 Å². The van der Waals surface area contributed by atoms with Crippen LogP contribution in [0.4, 0.5) is 5.82 Å². The smallest absolute Gasteiger partial charge is 0.272 e. The van der Waals surface area contributed by atoms with Gasteiger partial charge in [-0.15, -0.1) is 0 Å². The molecule has 1 atom stereocenters. The molecule has 0 spiro atoms.